The maximum atomic E-state index is 12.7. The van der Waals surface area contributed by atoms with E-state index in [0.717, 1.165) is 30.6 Å². The number of hydrogen-bond acceptors (Lipinski definition) is 5. The van der Waals surface area contributed by atoms with E-state index < -0.39 is 24.5 Å². The van der Waals surface area contributed by atoms with Crippen molar-refractivity contribution in [1.29, 1.82) is 5.26 Å². The largest absolute Gasteiger partial charge is 0.406 e. The van der Waals surface area contributed by atoms with Gasteiger partial charge in [-0.3, -0.25) is 14.3 Å². The van der Waals surface area contributed by atoms with Crippen LogP contribution >= 0.6 is 0 Å². The number of benzene rings is 1. The van der Waals surface area contributed by atoms with Crippen LogP contribution in [0.3, 0.4) is 0 Å². The summed E-state index contributed by atoms with van der Waals surface area (Å²) >= 11 is 0. The summed E-state index contributed by atoms with van der Waals surface area (Å²) in [6.07, 6.45) is 0.458. The molecule has 168 valence electrons. The first-order chi connectivity index (χ1) is 15.2. The van der Waals surface area contributed by atoms with Crippen molar-refractivity contribution in [2.45, 2.75) is 44.4 Å². The van der Waals surface area contributed by atoms with Gasteiger partial charge in [0.05, 0.1) is 18.0 Å². The third kappa shape index (κ3) is 4.26. The van der Waals surface area contributed by atoms with Gasteiger partial charge in [0, 0.05) is 24.0 Å². The molecule has 2 aliphatic rings. The molecule has 0 saturated heterocycles. The zero-order valence-electron chi connectivity index (χ0n) is 17.0. The van der Waals surface area contributed by atoms with Crippen LogP contribution in [0.25, 0.3) is 0 Å². The third-order valence-corrected chi connectivity index (χ3v) is 5.85. The minimum absolute atomic E-state index is 0.141. The second kappa shape index (κ2) is 8.18. The molecule has 8 nitrogen and oxygen atoms in total. The molecule has 1 unspecified atom stereocenters. The zero-order chi connectivity index (χ0) is 23.0. The van der Waals surface area contributed by atoms with Gasteiger partial charge in [0.2, 0.25) is 0 Å². The average molecular weight is 446 g/mol. The number of nitriles is 1. The molecule has 0 radical (unpaired) electrons. The van der Waals surface area contributed by atoms with Gasteiger partial charge in [0.15, 0.2) is 5.82 Å². The Bertz CT molecular complexity index is 1100. The predicted molar refractivity (Wildman–Crippen MR) is 108 cm³/mol. The lowest BCUT2D eigenvalue weighted by Gasteiger charge is -2.26. The lowest BCUT2D eigenvalue weighted by atomic mass is 9.85. The van der Waals surface area contributed by atoms with Gasteiger partial charge >= 0.3 is 6.18 Å². The van der Waals surface area contributed by atoms with Gasteiger partial charge in [0.25, 0.3) is 11.8 Å². The Labute approximate surface area is 181 Å². The van der Waals surface area contributed by atoms with Gasteiger partial charge in [-0.1, -0.05) is 12.8 Å². The van der Waals surface area contributed by atoms with Gasteiger partial charge in [-0.05, 0) is 36.6 Å². The number of nitrogens with zero attached hydrogens (tertiary/aromatic N) is 4. The van der Waals surface area contributed by atoms with E-state index in [9.17, 15) is 28.0 Å². The molecule has 3 N–H and O–H groups in total. The highest BCUT2D eigenvalue weighted by Gasteiger charge is 2.37. The number of halogens is 3. The highest BCUT2D eigenvalue weighted by molar-refractivity contribution is 6.00. The number of anilines is 2. The second-order valence-electron chi connectivity index (χ2n) is 8.10. The quantitative estimate of drug-likeness (QED) is 0.729. The summed E-state index contributed by atoms with van der Waals surface area (Å²) in [7, 11) is 0. The van der Waals surface area contributed by atoms with E-state index in [1.54, 1.807) is 10.7 Å². The second-order valence-corrected chi connectivity index (χ2v) is 8.10. The predicted octanol–water partition coefficient (Wildman–Crippen LogP) is 3.50. The van der Waals surface area contributed by atoms with Crippen molar-refractivity contribution in [3.8, 4) is 6.07 Å². The SMILES string of the molecule is N#CC1CCCC[C@H]1n1cc(C(N)=O)c(Nc2ccc3c(c2)CN(CC(F)(F)F)C3=O)n1. The molecule has 1 saturated carbocycles. The maximum absolute atomic E-state index is 12.7. The van der Waals surface area contributed by atoms with Crippen LogP contribution in [-0.4, -0.2) is 39.2 Å². The molecule has 1 aliphatic heterocycles. The maximum Gasteiger partial charge on any atom is 0.406 e. The van der Waals surface area contributed by atoms with Crippen molar-refractivity contribution < 1.29 is 22.8 Å². The number of primary amides is 1. The van der Waals surface area contributed by atoms with Crippen molar-refractivity contribution >= 4 is 23.3 Å². The number of nitrogens with two attached hydrogens (primary N) is 1. The summed E-state index contributed by atoms with van der Waals surface area (Å²) < 4.78 is 39.8. The van der Waals surface area contributed by atoms with Gasteiger partial charge in [-0.15, -0.1) is 0 Å². The molecule has 1 fully saturated rings. The van der Waals surface area contributed by atoms with E-state index in [1.165, 1.54) is 18.3 Å². The molecule has 2 atom stereocenters. The average Bonchev–Trinajstić information content (AvgIpc) is 3.28. The zero-order valence-corrected chi connectivity index (χ0v) is 17.0. The Kier molecular flexibility index (Phi) is 5.54. The molecular formula is C21H21F3N6O2. The number of hydrogen-bond donors (Lipinski definition) is 2. The molecule has 1 aliphatic carbocycles. The summed E-state index contributed by atoms with van der Waals surface area (Å²) in [6.45, 7) is -1.48. The number of rotatable bonds is 5. The lowest BCUT2D eigenvalue weighted by Crippen LogP contribution is -2.34. The molecule has 11 heteroatoms. The molecule has 2 aromatic rings. The van der Waals surface area contributed by atoms with Crippen LogP contribution in [0.2, 0.25) is 0 Å². The first-order valence-corrected chi connectivity index (χ1v) is 10.2. The van der Waals surface area contributed by atoms with E-state index in [0.29, 0.717) is 11.3 Å². The Morgan fingerprint density at radius 2 is 2.06 bits per heavy atom. The molecule has 32 heavy (non-hydrogen) atoms. The van der Waals surface area contributed by atoms with Gasteiger partial charge in [0.1, 0.15) is 12.1 Å². The summed E-state index contributed by atoms with van der Waals surface area (Å²) in [4.78, 5) is 24.9. The molecule has 1 aromatic carbocycles. The number of amides is 2. The molecule has 2 heterocycles. The van der Waals surface area contributed by atoms with Crippen LogP contribution in [0.4, 0.5) is 24.7 Å². The molecule has 0 bridgehead atoms. The summed E-state index contributed by atoms with van der Waals surface area (Å²) in [5, 5.41) is 16.9. The van der Waals surface area contributed by atoms with Gasteiger partial charge < -0.3 is 16.0 Å². The Hall–Kier alpha value is -3.55. The number of fused-ring (bicyclic) bond motifs is 1. The number of alkyl halides is 3. The fourth-order valence-corrected chi connectivity index (χ4v) is 4.35. The number of carbonyl (C=O) groups is 2. The Balaban J connectivity index is 1.58. The molecule has 4 rings (SSSR count). The minimum atomic E-state index is -4.48. The van der Waals surface area contributed by atoms with Crippen LogP contribution in [0.15, 0.2) is 24.4 Å². The first-order valence-electron chi connectivity index (χ1n) is 10.2. The third-order valence-electron chi connectivity index (χ3n) is 5.85. The topological polar surface area (TPSA) is 117 Å². The summed E-state index contributed by atoms with van der Waals surface area (Å²) in [5.74, 6) is -1.40. The number of aromatic nitrogens is 2. The molecule has 2 amide bonds. The Morgan fingerprint density at radius 3 is 2.75 bits per heavy atom. The number of nitrogens with one attached hydrogen (secondary N) is 1. The smallest absolute Gasteiger partial charge is 0.365 e. The lowest BCUT2D eigenvalue weighted by molar-refractivity contribution is -0.140. The fraction of sp³-hybridized carbons (Fsp3) is 0.429. The molecule has 0 spiro atoms. The standard InChI is InChI=1S/C21H21F3N6O2/c22-21(23,24)11-29-9-13-7-14(5-6-15(13)20(29)32)27-19-16(18(26)31)10-30(28-19)17-4-2-1-3-12(17)8-25/h5-7,10,12,17H,1-4,9,11H2,(H2,26,31)(H,27,28)/t12?,17-/m1/s1. The van der Waals surface area contributed by atoms with Crippen LogP contribution < -0.4 is 11.1 Å². The van der Waals surface area contributed by atoms with Crippen molar-refractivity contribution in [2.75, 3.05) is 11.9 Å². The van der Waals surface area contributed by atoms with Gasteiger partial charge in [-0.2, -0.15) is 23.5 Å². The van der Waals surface area contributed by atoms with Crippen LogP contribution in [-0.2, 0) is 6.54 Å². The van der Waals surface area contributed by atoms with Gasteiger partial charge in [-0.25, -0.2) is 0 Å². The highest BCUT2D eigenvalue weighted by Crippen LogP contribution is 2.35. The van der Waals surface area contributed by atoms with Crippen molar-refractivity contribution in [3.63, 3.8) is 0 Å². The molecule has 1 aromatic heterocycles. The molecular weight excluding hydrogens is 425 g/mol. The minimum Gasteiger partial charge on any atom is -0.365 e. The van der Waals surface area contributed by atoms with Crippen LogP contribution in [0, 0.1) is 17.2 Å². The van der Waals surface area contributed by atoms with E-state index >= 15 is 0 Å². The monoisotopic (exact) mass is 446 g/mol. The number of carbonyl (C=O) groups excluding carboxylic acids is 2. The normalized spacial score (nSPS) is 20.7. The van der Waals surface area contributed by atoms with Crippen molar-refractivity contribution in [1.82, 2.24) is 14.7 Å². The van der Waals surface area contributed by atoms with E-state index in [2.05, 4.69) is 16.5 Å². The van der Waals surface area contributed by atoms with Crippen LogP contribution in [0.5, 0.6) is 0 Å². The Morgan fingerprint density at radius 1 is 1.31 bits per heavy atom. The van der Waals surface area contributed by atoms with Crippen molar-refractivity contribution in [3.05, 3.63) is 41.1 Å². The highest BCUT2D eigenvalue weighted by atomic mass is 19.4. The van der Waals surface area contributed by atoms with E-state index in [4.69, 9.17) is 5.73 Å². The van der Waals surface area contributed by atoms with Crippen molar-refractivity contribution in [2.24, 2.45) is 11.7 Å². The van der Waals surface area contributed by atoms with Crippen LogP contribution in [0.1, 0.15) is 58.0 Å². The van der Waals surface area contributed by atoms with E-state index in [1.807, 2.05) is 0 Å². The summed E-state index contributed by atoms with van der Waals surface area (Å²) in [6, 6.07) is 6.68. The fourth-order valence-electron chi connectivity index (χ4n) is 4.35. The van der Waals surface area contributed by atoms with E-state index in [-0.39, 0.29) is 35.4 Å². The summed E-state index contributed by atoms with van der Waals surface area (Å²) in [5.41, 5.74) is 6.76. The first kappa shape index (κ1) is 21.7.